The molecule has 0 unspecified atom stereocenters. The minimum absolute atomic E-state index is 1.07. The van der Waals surface area contributed by atoms with Gasteiger partial charge in [0.1, 0.15) is 0 Å². The minimum Gasteiger partial charge on any atom is -0.351 e. The van der Waals surface area contributed by atoms with Crippen LogP contribution in [0.25, 0.3) is 0 Å². The van der Waals surface area contributed by atoms with Crippen molar-refractivity contribution in [2.24, 2.45) is 0 Å². The number of benzene rings is 3. The van der Waals surface area contributed by atoms with Gasteiger partial charge in [-0.2, -0.15) is 0 Å². The van der Waals surface area contributed by atoms with Crippen LogP contribution < -0.4 is 10.2 Å². The van der Waals surface area contributed by atoms with E-state index in [9.17, 15) is 0 Å². The first-order valence-corrected chi connectivity index (χ1v) is 7.63. The van der Waals surface area contributed by atoms with Gasteiger partial charge in [-0.05, 0) is 52.3 Å². The van der Waals surface area contributed by atoms with E-state index in [2.05, 4.69) is 92.9 Å². The molecule has 1 aliphatic heterocycles. The Morgan fingerprint density at radius 2 is 1.43 bits per heavy atom. The molecule has 0 fully saturated rings. The first-order chi connectivity index (χ1) is 10.3. The maximum absolute atomic E-state index is 3.64. The summed E-state index contributed by atoms with van der Waals surface area (Å²) in [5.41, 5.74) is 5.68. The zero-order chi connectivity index (χ0) is 14.2. The van der Waals surface area contributed by atoms with E-state index in [0.717, 1.165) is 32.9 Å². The van der Waals surface area contributed by atoms with Gasteiger partial charge in [0.15, 0.2) is 0 Å². The highest BCUT2D eigenvalue weighted by atomic mass is 79.9. The van der Waals surface area contributed by atoms with Crippen LogP contribution >= 0.6 is 15.9 Å². The molecule has 102 valence electrons. The number of rotatable bonds is 1. The monoisotopic (exact) mass is 336 g/mol. The van der Waals surface area contributed by atoms with E-state index in [1.165, 1.54) is 0 Å². The van der Waals surface area contributed by atoms with Crippen LogP contribution in [0.4, 0.5) is 28.4 Å². The van der Waals surface area contributed by atoms with Gasteiger partial charge in [-0.3, -0.25) is 0 Å². The van der Waals surface area contributed by atoms with Crippen LogP contribution in [-0.4, -0.2) is 0 Å². The molecule has 0 bridgehead atoms. The third-order valence-electron chi connectivity index (χ3n) is 3.65. The van der Waals surface area contributed by atoms with E-state index in [-0.39, 0.29) is 0 Å². The lowest BCUT2D eigenvalue weighted by Gasteiger charge is -2.34. The second kappa shape index (κ2) is 4.93. The summed E-state index contributed by atoms with van der Waals surface area (Å²) in [5, 5.41) is 3.52. The molecule has 0 spiro atoms. The number of anilines is 5. The Morgan fingerprint density at radius 1 is 0.714 bits per heavy atom. The van der Waals surface area contributed by atoms with Crippen LogP contribution in [0.3, 0.4) is 0 Å². The third-order valence-corrected chi connectivity index (χ3v) is 4.31. The fourth-order valence-electron chi connectivity index (χ4n) is 2.72. The van der Waals surface area contributed by atoms with Crippen molar-refractivity contribution in [2.45, 2.75) is 0 Å². The minimum atomic E-state index is 1.07. The molecule has 0 atom stereocenters. The number of fused-ring (bicyclic) bond motifs is 2. The summed E-state index contributed by atoms with van der Waals surface area (Å²) in [5.74, 6) is 0. The molecule has 0 aromatic heterocycles. The lowest BCUT2D eigenvalue weighted by atomic mass is 10.1. The molecule has 0 aliphatic carbocycles. The normalized spacial score (nSPS) is 12.3. The Kier molecular flexibility index (Phi) is 2.93. The van der Waals surface area contributed by atoms with Gasteiger partial charge in [0.05, 0.1) is 22.7 Å². The SMILES string of the molecule is Brc1cccc2c1Nc1ccccc1N2c1ccccc1. The Labute approximate surface area is 132 Å². The van der Waals surface area contributed by atoms with Gasteiger partial charge in [0.2, 0.25) is 0 Å². The van der Waals surface area contributed by atoms with Crippen LogP contribution in [0.1, 0.15) is 0 Å². The fourth-order valence-corrected chi connectivity index (χ4v) is 3.17. The molecule has 2 nitrogen and oxygen atoms in total. The smallest absolute Gasteiger partial charge is 0.0774 e. The number of nitrogens with zero attached hydrogens (tertiary/aromatic N) is 1. The van der Waals surface area contributed by atoms with E-state index < -0.39 is 0 Å². The number of para-hydroxylation sites is 4. The molecule has 1 aliphatic rings. The summed E-state index contributed by atoms with van der Waals surface area (Å²) in [6, 6.07) is 25.1. The first-order valence-electron chi connectivity index (χ1n) is 6.84. The van der Waals surface area contributed by atoms with E-state index in [0.29, 0.717) is 0 Å². The van der Waals surface area contributed by atoms with Gasteiger partial charge in [0, 0.05) is 10.2 Å². The Bertz CT molecular complexity index is 799. The van der Waals surface area contributed by atoms with E-state index in [4.69, 9.17) is 0 Å². The van der Waals surface area contributed by atoms with Gasteiger partial charge in [-0.15, -0.1) is 0 Å². The molecule has 0 saturated carbocycles. The summed E-state index contributed by atoms with van der Waals surface area (Å²) in [7, 11) is 0. The molecule has 4 rings (SSSR count). The molecule has 0 amide bonds. The van der Waals surface area contributed by atoms with Crippen LogP contribution in [0, 0.1) is 0 Å². The Morgan fingerprint density at radius 3 is 2.29 bits per heavy atom. The predicted octanol–water partition coefficient (Wildman–Crippen LogP) is 5.98. The number of hydrogen-bond acceptors (Lipinski definition) is 2. The standard InChI is InChI=1S/C18H13BrN2/c19-14-9-6-12-17-18(14)20-15-10-4-5-11-16(15)21(17)13-7-2-1-3-8-13/h1-12,20H. The van der Waals surface area contributed by atoms with Crippen molar-refractivity contribution in [2.75, 3.05) is 10.2 Å². The van der Waals surface area contributed by atoms with Crippen molar-refractivity contribution in [1.82, 2.24) is 0 Å². The largest absolute Gasteiger partial charge is 0.351 e. The number of halogens is 1. The van der Waals surface area contributed by atoms with E-state index in [1.54, 1.807) is 0 Å². The van der Waals surface area contributed by atoms with Crippen molar-refractivity contribution < 1.29 is 0 Å². The summed E-state index contributed by atoms with van der Waals surface area (Å²) < 4.78 is 1.07. The molecule has 1 N–H and O–H groups in total. The van der Waals surface area contributed by atoms with E-state index >= 15 is 0 Å². The Hall–Kier alpha value is -2.26. The average molecular weight is 337 g/mol. The lowest BCUT2D eigenvalue weighted by molar-refractivity contribution is 1.25. The van der Waals surface area contributed by atoms with Crippen LogP contribution in [0.2, 0.25) is 0 Å². The van der Waals surface area contributed by atoms with Crippen LogP contribution in [-0.2, 0) is 0 Å². The van der Waals surface area contributed by atoms with Crippen molar-refractivity contribution in [1.29, 1.82) is 0 Å². The molecule has 0 radical (unpaired) electrons. The number of nitrogens with one attached hydrogen (secondary N) is 1. The highest BCUT2D eigenvalue weighted by molar-refractivity contribution is 9.10. The van der Waals surface area contributed by atoms with Gasteiger partial charge < -0.3 is 10.2 Å². The maximum atomic E-state index is 3.64. The summed E-state index contributed by atoms with van der Waals surface area (Å²) in [6.45, 7) is 0. The summed E-state index contributed by atoms with van der Waals surface area (Å²) in [4.78, 5) is 2.28. The molecule has 3 heteroatoms. The predicted molar refractivity (Wildman–Crippen MR) is 92.1 cm³/mol. The second-order valence-electron chi connectivity index (χ2n) is 4.95. The molecule has 3 aromatic rings. The molecule has 0 saturated heterocycles. The van der Waals surface area contributed by atoms with Crippen LogP contribution in [0.15, 0.2) is 77.3 Å². The fraction of sp³-hybridized carbons (Fsp3) is 0. The first kappa shape index (κ1) is 12.5. The highest BCUT2D eigenvalue weighted by Gasteiger charge is 2.24. The van der Waals surface area contributed by atoms with Crippen molar-refractivity contribution in [3.8, 4) is 0 Å². The van der Waals surface area contributed by atoms with Gasteiger partial charge in [0.25, 0.3) is 0 Å². The lowest BCUT2D eigenvalue weighted by Crippen LogP contribution is -2.17. The van der Waals surface area contributed by atoms with Gasteiger partial charge in [-0.25, -0.2) is 0 Å². The summed E-state index contributed by atoms with van der Waals surface area (Å²) in [6.07, 6.45) is 0. The molecular formula is C18H13BrN2. The maximum Gasteiger partial charge on any atom is 0.0774 e. The Balaban J connectivity index is 2.00. The third kappa shape index (κ3) is 2.01. The molecular weight excluding hydrogens is 324 g/mol. The van der Waals surface area contributed by atoms with Crippen LogP contribution in [0.5, 0.6) is 0 Å². The zero-order valence-corrected chi connectivity index (χ0v) is 12.8. The van der Waals surface area contributed by atoms with E-state index in [1.807, 2.05) is 6.07 Å². The average Bonchev–Trinajstić information content (AvgIpc) is 2.54. The quantitative estimate of drug-likeness (QED) is 0.460. The highest BCUT2D eigenvalue weighted by Crippen LogP contribution is 2.49. The molecule has 3 aromatic carbocycles. The van der Waals surface area contributed by atoms with Crippen molar-refractivity contribution in [3.63, 3.8) is 0 Å². The molecule has 21 heavy (non-hydrogen) atoms. The second-order valence-corrected chi connectivity index (χ2v) is 5.80. The van der Waals surface area contributed by atoms with Crippen molar-refractivity contribution >= 4 is 44.4 Å². The van der Waals surface area contributed by atoms with Gasteiger partial charge >= 0.3 is 0 Å². The topological polar surface area (TPSA) is 15.3 Å². The summed E-state index contributed by atoms with van der Waals surface area (Å²) >= 11 is 3.64. The van der Waals surface area contributed by atoms with Gasteiger partial charge in [-0.1, -0.05) is 36.4 Å². The number of hydrogen-bond donors (Lipinski definition) is 1. The van der Waals surface area contributed by atoms with Crippen molar-refractivity contribution in [3.05, 3.63) is 77.3 Å². The molecule has 1 heterocycles. The zero-order valence-electron chi connectivity index (χ0n) is 11.3.